The number of ether oxygens (including phenoxy) is 1. The molecule has 1 saturated heterocycles. The summed E-state index contributed by atoms with van der Waals surface area (Å²) in [6.45, 7) is 9.01. The van der Waals surface area contributed by atoms with Crippen molar-refractivity contribution < 1.29 is 14.3 Å². The van der Waals surface area contributed by atoms with Gasteiger partial charge in [-0.25, -0.2) is 14.8 Å². The lowest BCUT2D eigenvalue weighted by atomic mass is 9.80. The Morgan fingerprint density at radius 3 is 2.57 bits per heavy atom. The first-order valence-electron chi connectivity index (χ1n) is 13.7. The monoisotopic (exact) mass is 527 g/mol. The van der Waals surface area contributed by atoms with Crippen molar-refractivity contribution in [2.75, 3.05) is 18.4 Å². The van der Waals surface area contributed by atoms with Crippen molar-refractivity contribution in [3.05, 3.63) is 35.0 Å². The summed E-state index contributed by atoms with van der Waals surface area (Å²) in [5.41, 5.74) is -0.420. The molecule has 202 valence electrons. The second-order valence-electron chi connectivity index (χ2n) is 11.3. The zero-order valence-corrected chi connectivity index (χ0v) is 23.5. The van der Waals surface area contributed by atoms with Crippen molar-refractivity contribution in [3.8, 4) is 0 Å². The molecule has 0 atom stereocenters. The molecule has 0 spiro atoms. The number of pyridine rings is 1. The molecule has 1 saturated carbocycles. The fourth-order valence-electron chi connectivity index (χ4n) is 5.31. The van der Waals surface area contributed by atoms with Gasteiger partial charge in [-0.2, -0.15) is 0 Å². The van der Waals surface area contributed by atoms with Gasteiger partial charge in [-0.3, -0.25) is 4.79 Å². The standard InChI is InChI=1S/C28H41N5O3S/c1-5-10-21-19-29-25(37-21)31-23-12-9-11-22(30-23)20-13-17-33(18-14-20)24(34)28(15-7-6-8-16-28)32-26(35)36-27(2,3)4/h9,11-12,19-20H,5-8,10,13-18H2,1-4H3,(H,32,35)(H,29,30,31). The summed E-state index contributed by atoms with van der Waals surface area (Å²) >= 11 is 1.67. The Labute approximate surface area is 224 Å². The van der Waals surface area contributed by atoms with Crippen LogP contribution in [0.2, 0.25) is 0 Å². The van der Waals surface area contributed by atoms with E-state index in [9.17, 15) is 9.59 Å². The van der Waals surface area contributed by atoms with Gasteiger partial charge in [0.15, 0.2) is 5.13 Å². The highest BCUT2D eigenvalue weighted by atomic mass is 32.1. The maximum atomic E-state index is 13.7. The Morgan fingerprint density at radius 2 is 1.89 bits per heavy atom. The number of nitrogens with zero attached hydrogens (tertiary/aromatic N) is 3. The maximum Gasteiger partial charge on any atom is 0.408 e. The van der Waals surface area contributed by atoms with Crippen LogP contribution in [0.3, 0.4) is 0 Å². The van der Waals surface area contributed by atoms with E-state index in [-0.39, 0.29) is 5.91 Å². The second-order valence-corrected chi connectivity index (χ2v) is 12.4. The van der Waals surface area contributed by atoms with Crippen LogP contribution in [0.15, 0.2) is 24.4 Å². The topological polar surface area (TPSA) is 96.5 Å². The fraction of sp³-hybridized carbons (Fsp3) is 0.643. The lowest BCUT2D eigenvalue weighted by Crippen LogP contribution is -2.62. The van der Waals surface area contributed by atoms with Gasteiger partial charge in [0.25, 0.3) is 0 Å². The number of piperidine rings is 1. The van der Waals surface area contributed by atoms with Crippen LogP contribution in [-0.2, 0) is 16.0 Å². The van der Waals surface area contributed by atoms with Crippen LogP contribution in [0.1, 0.15) is 95.6 Å². The smallest absolute Gasteiger partial charge is 0.408 e. The van der Waals surface area contributed by atoms with Gasteiger partial charge in [0.2, 0.25) is 5.91 Å². The van der Waals surface area contributed by atoms with Gasteiger partial charge in [0.05, 0.1) is 0 Å². The molecule has 1 aliphatic heterocycles. The van der Waals surface area contributed by atoms with Crippen LogP contribution in [0, 0.1) is 0 Å². The predicted molar refractivity (Wildman–Crippen MR) is 147 cm³/mol. The van der Waals surface area contributed by atoms with Crippen molar-refractivity contribution in [2.24, 2.45) is 0 Å². The number of amides is 2. The summed E-state index contributed by atoms with van der Waals surface area (Å²) in [5.74, 6) is 1.13. The molecule has 2 aliphatic rings. The van der Waals surface area contributed by atoms with E-state index in [0.29, 0.717) is 31.8 Å². The van der Waals surface area contributed by atoms with Crippen molar-refractivity contribution in [1.82, 2.24) is 20.2 Å². The quantitative estimate of drug-likeness (QED) is 0.447. The summed E-state index contributed by atoms with van der Waals surface area (Å²) in [6, 6.07) is 6.08. The van der Waals surface area contributed by atoms with E-state index < -0.39 is 17.2 Å². The zero-order valence-electron chi connectivity index (χ0n) is 22.6. The van der Waals surface area contributed by atoms with Crippen LogP contribution in [0.5, 0.6) is 0 Å². The molecule has 2 amide bonds. The molecule has 2 aromatic rings. The Morgan fingerprint density at radius 1 is 1.16 bits per heavy atom. The number of likely N-dealkylation sites (tertiary alicyclic amines) is 1. The fourth-order valence-corrected chi connectivity index (χ4v) is 6.23. The summed E-state index contributed by atoms with van der Waals surface area (Å²) < 4.78 is 5.51. The Kier molecular flexibility index (Phi) is 8.72. The van der Waals surface area contributed by atoms with Crippen LogP contribution < -0.4 is 10.6 Å². The van der Waals surface area contributed by atoms with Gasteiger partial charge >= 0.3 is 6.09 Å². The van der Waals surface area contributed by atoms with E-state index in [1.165, 1.54) is 4.88 Å². The molecule has 3 heterocycles. The number of aryl methyl sites for hydroxylation is 1. The molecule has 9 heteroatoms. The van der Waals surface area contributed by atoms with Gasteiger partial charge < -0.3 is 20.3 Å². The molecular weight excluding hydrogens is 486 g/mol. The molecule has 2 fully saturated rings. The summed E-state index contributed by atoms with van der Waals surface area (Å²) in [7, 11) is 0. The van der Waals surface area contributed by atoms with Crippen molar-refractivity contribution in [1.29, 1.82) is 0 Å². The number of aromatic nitrogens is 2. The summed E-state index contributed by atoms with van der Waals surface area (Å²) in [4.78, 5) is 38.9. The third-order valence-electron chi connectivity index (χ3n) is 7.11. The van der Waals surface area contributed by atoms with Crippen LogP contribution in [0.4, 0.5) is 15.7 Å². The summed E-state index contributed by atoms with van der Waals surface area (Å²) in [5, 5.41) is 7.21. The van der Waals surface area contributed by atoms with Gasteiger partial charge in [-0.15, -0.1) is 11.3 Å². The minimum Gasteiger partial charge on any atom is -0.444 e. The number of nitrogens with one attached hydrogen (secondary N) is 2. The number of alkyl carbamates (subject to hydrolysis) is 1. The first-order chi connectivity index (χ1) is 17.7. The first kappa shape index (κ1) is 27.4. The second kappa shape index (κ2) is 11.8. The van der Waals surface area contributed by atoms with Gasteiger partial charge in [-0.1, -0.05) is 38.7 Å². The van der Waals surface area contributed by atoms with E-state index in [1.807, 2.05) is 44.0 Å². The molecule has 4 rings (SSSR count). The minimum absolute atomic E-state index is 0.0338. The lowest BCUT2D eigenvalue weighted by molar-refractivity contribution is -0.141. The third kappa shape index (κ3) is 7.21. The molecule has 2 N–H and O–H groups in total. The molecule has 2 aromatic heterocycles. The Hall–Kier alpha value is -2.68. The molecular formula is C28H41N5O3S. The average molecular weight is 528 g/mol. The highest BCUT2D eigenvalue weighted by Crippen LogP contribution is 2.34. The molecule has 0 bridgehead atoms. The number of anilines is 2. The van der Waals surface area contributed by atoms with E-state index in [0.717, 1.165) is 61.6 Å². The number of hydrogen-bond donors (Lipinski definition) is 2. The van der Waals surface area contributed by atoms with Crippen LogP contribution >= 0.6 is 11.3 Å². The molecule has 0 radical (unpaired) electrons. The van der Waals surface area contributed by atoms with Crippen molar-refractivity contribution in [2.45, 2.75) is 103 Å². The normalized spacial score (nSPS) is 18.3. The number of carbonyl (C=O) groups excluding carboxylic acids is 2. The van der Waals surface area contributed by atoms with Gasteiger partial charge in [0.1, 0.15) is 17.0 Å². The third-order valence-corrected chi connectivity index (χ3v) is 8.09. The number of thiazole rings is 1. The average Bonchev–Trinajstić information content (AvgIpc) is 3.30. The number of hydrogen-bond acceptors (Lipinski definition) is 7. The largest absolute Gasteiger partial charge is 0.444 e. The number of rotatable bonds is 7. The van der Waals surface area contributed by atoms with E-state index >= 15 is 0 Å². The molecule has 37 heavy (non-hydrogen) atoms. The molecule has 0 aromatic carbocycles. The van der Waals surface area contributed by atoms with Crippen molar-refractivity contribution in [3.63, 3.8) is 0 Å². The van der Waals surface area contributed by atoms with E-state index in [2.05, 4.69) is 28.6 Å². The van der Waals surface area contributed by atoms with Gasteiger partial charge in [-0.05, 0) is 65.0 Å². The van der Waals surface area contributed by atoms with Crippen molar-refractivity contribution >= 4 is 34.3 Å². The van der Waals surface area contributed by atoms with Crippen LogP contribution in [0.25, 0.3) is 0 Å². The summed E-state index contributed by atoms with van der Waals surface area (Å²) in [6.07, 6.45) is 9.55. The highest BCUT2D eigenvalue weighted by Gasteiger charge is 2.45. The minimum atomic E-state index is -0.861. The maximum absolute atomic E-state index is 13.7. The SMILES string of the molecule is CCCc1cnc(Nc2cccc(C3CCN(C(=O)C4(NC(=O)OC(C)(C)C)CCCCC4)CC3)n2)s1. The van der Waals surface area contributed by atoms with Crippen LogP contribution in [-0.4, -0.2) is 51.1 Å². The lowest BCUT2D eigenvalue weighted by Gasteiger charge is -2.42. The van der Waals surface area contributed by atoms with E-state index in [4.69, 9.17) is 9.72 Å². The Balaban J connectivity index is 1.37. The Bertz CT molecular complexity index is 1070. The van der Waals surface area contributed by atoms with E-state index in [1.54, 1.807) is 11.3 Å². The first-order valence-corrected chi connectivity index (χ1v) is 14.5. The number of carbonyl (C=O) groups is 2. The molecule has 1 aliphatic carbocycles. The zero-order chi connectivity index (χ0) is 26.5. The van der Waals surface area contributed by atoms with Gasteiger partial charge in [0, 0.05) is 35.8 Å². The molecule has 0 unspecified atom stereocenters. The molecule has 8 nitrogen and oxygen atoms in total. The predicted octanol–water partition coefficient (Wildman–Crippen LogP) is 6.17. The highest BCUT2D eigenvalue weighted by molar-refractivity contribution is 7.15.